The Kier molecular flexibility index (Phi) is 3.45. The zero-order valence-electron chi connectivity index (χ0n) is 8.85. The van der Waals surface area contributed by atoms with E-state index in [2.05, 4.69) is 19.7 Å². The first-order valence-electron chi connectivity index (χ1n) is 5.26. The molecule has 0 atom stereocenters. The molecule has 1 aromatic heterocycles. The molecular formula is C9H15N3O3S. The Bertz CT molecular complexity index is 409. The molecule has 1 fully saturated rings. The summed E-state index contributed by atoms with van der Waals surface area (Å²) in [5.74, 6) is 0.401. The van der Waals surface area contributed by atoms with Gasteiger partial charge in [-0.2, -0.15) is 0 Å². The van der Waals surface area contributed by atoms with E-state index >= 15 is 0 Å². The second-order valence-corrected chi connectivity index (χ2v) is 5.76. The van der Waals surface area contributed by atoms with Crippen LogP contribution < -0.4 is 10.0 Å². The number of anilines is 1. The number of piperidine rings is 1. The van der Waals surface area contributed by atoms with Crippen LogP contribution >= 0.6 is 0 Å². The average Bonchev–Trinajstić information content (AvgIpc) is 2.70. The third kappa shape index (κ3) is 3.21. The molecule has 7 heteroatoms. The Hall–Kier alpha value is -1.08. The van der Waals surface area contributed by atoms with E-state index in [9.17, 15) is 8.42 Å². The predicted octanol–water partition coefficient (Wildman–Crippen LogP) is 0.416. The lowest BCUT2D eigenvalue weighted by Gasteiger charge is -2.22. The number of sulfonamides is 1. The first kappa shape index (κ1) is 11.4. The molecule has 0 amide bonds. The highest BCUT2D eigenvalue weighted by atomic mass is 32.2. The molecule has 0 bridgehead atoms. The molecule has 90 valence electrons. The molecule has 0 radical (unpaired) electrons. The topological polar surface area (TPSA) is 84.2 Å². The van der Waals surface area contributed by atoms with Crippen LogP contribution in [0.5, 0.6) is 0 Å². The summed E-state index contributed by atoms with van der Waals surface area (Å²) in [6.45, 7) is 1.79. The van der Waals surface area contributed by atoms with Gasteiger partial charge in [0.1, 0.15) is 12.0 Å². The van der Waals surface area contributed by atoms with Crippen LogP contribution in [0.1, 0.15) is 12.8 Å². The minimum atomic E-state index is -3.28. The molecule has 0 aliphatic carbocycles. The van der Waals surface area contributed by atoms with Crippen LogP contribution in [0.15, 0.2) is 17.0 Å². The van der Waals surface area contributed by atoms with Gasteiger partial charge in [-0.25, -0.2) is 8.42 Å². The quantitative estimate of drug-likeness (QED) is 0.803. The maximum atomic E-state index is 11.8. The Morgan fingerprint density at radius 3 is 2.88 bits per heavy atom. The number of rotatable bonds is 4. The van der Waals surface area contributed by atoms with Crippen molar-refractivity contribution in [1.82, 2.24) is 10.5 Å². The van der Waals surface area contributed by atoms with Crippen LogP contribution in [-0.2, 0) is 10.0 Å². The second kappa shape index (κ2) is 4.84. The van der Waals surface area contributed by atoms with Gasteiger partial charge in [-0.1, -0.05) is 5.16 Å². The molecule has 1 saturated heterocycles. The summed E-state index contributed by atoms with van der Waals surface area (Å²) in [6, 6.07) is 0. The Morgan fingerprint density at radius 2 is 2.25 bits per heavy atom. The van der Waals surface area contributed by atoms with Gasteiger partial charge in [-0.05, 0) is 31.8 Å². The molecule has 6 nitrogen and oxygen atoms in total. The summed E-state index contributed by atoms with van der Waals surface area (Å²) in [6.07, 6.45) is 4.44. The third-order valence-electron chi connectivity index (χ3n) is 2.62. The molecule has 0 aromatic carbocycles. The summed E-state index contributed by atoms with van der Waals surface area (Å²) in [5, 5.41) is 6.65. The van der Waals surface area contributed by atoms with Crippen LogP contribution in [0.3, 0.4) is 0 Å². The van der Waals surface area contributed by atoms with Crippen molar-refractivity contribution in [2.45, 2.75) is 12.8 Å². The fourth-order valence-corrected chi connectivity index (χ4v) is 3.33. The Balaban J connectivity index is 1.92. The summed E-state index contributed by atoms with van der Waals surface area (Å²) in [7, 11) is -3.28. The van der Waals surface area contributed by atoms with Crippen LogP contribution in [0.2, 0.25) is 0 Å². The normalized spacial score (nSPS) is 18.5. The number of nitrogens with one attached hydrogen (secondary N) is 2. The third-order valence-corrected chi connectivity index (χ3v) is 4.08. The lowest BCUT2D eigenvalue weighted by molar-refractivity contribution is 0.402. The van der Waals surface area contributed by atoms with Gasteiger partial charge in [0.15, 0.2) is 0 Å². The molecule has 2 N–H and O–H groups in total. The first-order chi connectivity index (χ1) is 7.66. The van der Waals surface area contributed by atoms with Gasteiger partial charge in [0.25, 0.3) is 0 Å². The van der Waals surface area contributed by atoms with E-state index in [1.807, 2.05) is 0 Å². The van der Waals surface area contributed by atoms with Gasteiger partial charge in [0.05, 0.1) is 11.9 Å². The molecule has 2 heterocycles. The number of nitrogens with zero attached hydrogens (tertiary/aromatic N) is 1. The molecule has 1 aliphatic heterocycles. The minimum absolute atomic E-state index is 0.167. The Morgan fingerprint density at radius 1 is 1.50 bits per heavy atom. The van der Waals surface area contributed by atoms with E-state index in [0.29, 0.717) is 5.69 Å². The van der Waals surface area contributed by atoms with Crippen molar-refractivity contribution in [3.05, 3.63) is 12.5 Å². The molecular weight excluding hydrogens is 230 g/mol. The highest BCUT2D eigenvalue weighted by molar-refractivity contribution is 7.92. The van der Waals surface area contributed by atoms with Gasteiger partial charge >= 0.3 is 0 Å². The lowest BCUT2D eigenvalue weighted by Crippen LogP contribution is -2.32. The monoisotopic (exact) mass is 245 g/mol. The maximum Gasteiger partial charge on any atom is 0.233 e. The number of hydrogen-bond donors (Lipinski definition) is 2. The van der Waals surface area contributed by atoms with Crippen LogP contribution in [0, 0.1) is 5.92 Å². The zero-order valence-corrected chi connectivity index (χ0v) is 9.66. The number of aromatic nitrogens is 1. The van der Waals surface area contributed by atoms with Crippen molar-refractivity contribution in [2.24, 2.45) is 5.92 Å². The standard InChI is InChI=1S/C9H15N3O3S/c13-16(14,12-9-5-11-15-6-9)7-8-1-3-10-4-2-8/h5-6,8,10,12H,1-4,7H2. The zero-order chi connectivity index (χ0) is 11.4. The largest absolute Gasteiger partial charge is 0.362 e. The summed E-state index contributed by atoms with van der Waals surface area (Å²) < 4.78 is 30.5. The maximum absolute atomic E-state index is 11.8. The van der Waals surface area contributed by atoms with Gasteiger partial charge in [0, 0.05) is 0 Å². The molecule has 1 aliphatic rings. The summed E-state index contributed by atoms with van der Waals surface area (Å²) in [5.41, 5.74) is 0.383. The molecule has 16 heavy (non-hydrogen) atoms. The minimum Gasteiger partial charge on any atom is -0.362 e. The van der Waals surface area contributed by atoms with E-state index < -0.39 is 10.0 Å². The first-order valence-corrected chi connectivity index (χ1v) is 6.91. The lowest BCUT2D eigenvalue weighted by atomic mass is 10.0. The average molecular weight is 245 g/mol. The van der Waals surface area contributed by atoms with Crippen molar-refractivity contribution in [1.29, 1.82) is 0 Å². The Labute approximate surface area is 94.4 Å². The molecule has 0 saturated carbocycles. The second-order valence-electron chi connectivity index (χ2n) is 3.99. The van der Waals surface area contributed by atoms with Crippen molar-refractivity contribution >= 4 is 15.7 Å². The van der Waals surface area contributed by atoms with E-state index in [-0.39, 0.29) is 11.7 Å². The van der Waals surface area contributed by atoms with E-state index in [1.165, 1.54) is 12.5 Å². The molecule has 2 rings (SSSR count). The summed E-state index contributed by atoms with van der Waals surface area (Å²) in [4.78, 5) is 0. The highest BCUT2D eigenvalue weighted by Crippen LogP contribution is 2.16. The number of hydrogen-bond acceptors (Lipinski definition) is 5. The van der Waals surface area contributed by atoms with Gasteiger partial charge in [-0.15, -0.1) is 0 Å². The van der Waals surface area contributed by atoms with E-state index in [0.717, 1.165) is 25.9 Å². The fraction of sp³-hybridized carbons (Fsp3) is 0.667. The van der Waals surface area contributed by atoms with Crippen LogP contribution in [0.25, 0.3) is 0 Å². The summed E-state index contributed by atoms with van der Waals surface area (Å²) >= 11 is 0. The van der Waals surface area contributed by atoms with Gasteiger partial charge in [-0.3, -0.25) is 4.72 Å². The van der Waals surface area contributed by atoms with E-state index in [4.69, 9.17) is 0 Å². The van der Waals surface area contributed by atoms with Gasteiger partial charge < -0.3 is 9.84 Å². The smallest absolute Gasteiger partial charge is 0.233 e. The van der Waals surface area contributed by atoms with Crippen molar-refractivity contribution in [3.8, 4) is 0 Å². The van der Waals surface area contributed by atoms with Gasteiger partial charge in [0.2, 0.25) is 10.0 Å². The van der Waals surface area contributed by atoms with Crippen molar-refractivity contribution in [2.75, 3.05) is 23.6 Å². The van der Waals surface area contributed by atoms with Crippen molar-refractivity contribution < 1.29 is 12.9 Å². The SMILES string of the molecule is O=S(=O)(CC1CCNCC1)Nc1cnoc1. The van der Waals surface area contributed by atoms with E-state index in [1.54, 1.807) is 0 Å². The molecule has 0 spiro atoms. The highest BCUT2D eigenvalue weighted by Gasteiger charge is 2.21. The van der Waals surface area contributed by atoms with Crippen LogP contribution in [0.4, 0.5) is 5.69 Å². The fourth-order valence-electron chi connectivity index (χ4n) is 1.84. The molecule has 1 aromatic rings. The molecule has 0 unspecified atom stereocenters. The van der Waals surface area contributed by atoms with Crippen molar-refractivity contribution in [3.63, 3.8) is 0 Å². The predicted molar refractivity (Wildman–Crippen MR) is 59.5 cm³/mol. The van der Waals surface area contributed by atoms with Crippen LogP contribution in [-0.4, -0.2) is 32.4 Å².